The molecule has 125 valence electrons. The number of nitrogens with one attached hydrogen (secondary N) is 1. The van der Waals surface area contributed by atoms with Crippen LogP contribution in [-0.4, -0.2) is 30.6 Å². The maximum atomic E-state index is 13.0. The number of carbonyl (C=O) groups is 1. The van der Waals surface area contributed by atoms with E-state index in [2.05, 4.69) is 12.3 Å². The molecule has 1 amide bonds. The molecule has 1 aliphatic heterocycles. The summed E-state index contributed by atoms with van der Waals surface area (Å²) in [5.74, 6) is -0.0785. The van der Waals surface area contributed by atoms with Crippen molar-refractivity contribution in [3.05, 3.63) is 66.0 Å². The van der Waals surface area contributed by atoms with Gasteiger partial charge in [0.15, 0.2) is 18.0 Å². The van der Waals surface area contributed by atoms with E-state index < -0.39 is 4.87 Å². The van der Waals surface area contributed by atoms with E-state index in [0.717, 1.165) is 24.2 Å². The lowest BCUT2D eigenvalue weighted by molar-refractivity contribution is -0.768. The number of rotatable bonds is 5. The highest BCUT2D eigenvalue weighted by Crippen LogP contribution is 2.41. The monoisotopic (exact) mass is 362 g/mol. The summed E-state index contributed by atoms with van der Waals surface area (Å²) in [6.07, 6.45) is 0.260. The fourth-order valence-electron chi connectivity index (χ4n) is 2.96. The molecule has 2 aromatic carbocycles. The summed E-state index contributed by atoms with van der Waals surface area (Å²) in [5, 5.41) is 0.576. The molecule has 0 aromatic heterocycles. The highest BCUT2D eigenvalue weighted by atomic mass is 35.5. The Balaban J connectivity index is 1.99. The molecule has 0 bridgehead atoms. The highest BCUT2D eigenvalue weighted by molar-refractivity contribution is 6.35. The van der Waals surface area contributed by atoms with Crippen molar-refractivity contribution in [3.63, 3.8) is 0 Å². The molecule has 1 fully saturated rings. The summed E-state index contributed by atoms with van der Waals surface area (Å²) < 4.78 is 0.192. The summed E-state index contributed by atoms with van der Waals surface area (Å²) in [4.78, 5) is 11.8. The molecule has 1 N–H and O–H groups in total. The van der Waals surface area contributed by atoms with Crippen LogP contribution < -0.4 is 5.43 Å². The minimum atomic E-state index is -1.18. The lowest BCUT2D eigenvalue weighted by atomic mass is 9.92. The maximum Gasteiger partial charge on any atom is 0.358 e. The zero-order valence-electron chi connectivity index (χ0n) is 13.6. The van der Waals surface area contributed by atoms with Gasteiger partial charge in [-0.3, -0.25) is 0 Å². The number of hydrogen-bond acceptors (Lipinski definition) is 2. The zero-order chi connectivity index (χ0) is 17.4. The molecular weight excluding hydrogens is 343 g/mol. The van der Waals surface area contributed by atoms with E-state index in [9.17, 15) is 4.79 Å². The van der Waals surface area contributed by atoms with Crippen molar-refractivity contribution >= 4 is 29.1 Å². The van der Waals surface area contributed by atoms with Crippen LogP contribution in [0.5, 0.6) is 0 Å². The first kappa shape index (κ1) is 17.4. The molecule has 1 atom stereocenters. The van der Waals surface area contributed by atoms with Crippen molar-refractivity contribution in [2.45, 2.75) is 11.3 Å². The topological polar surface area (TPSA) is 29.1 Å². The Bertz CT molecular complexity index is 759. The summed E-state index contributed by atoms with van der Waals surface area (Å²) in [6.45, 7) is 5.41. The van der Waals surface area contributed by atoms with Crippen LogP contribution in [0.15, 0.2) is 48.5 Å². The number of quaternary nitrogens is 1. The van der Waals surface area contributed by atoms with Crippen molar-refractivity contribution in [2.24, 2.45) is 0 Å². The number of benzene rings is 2. The van der Waals surface area contributed by atoms with Crippen LogP contribution in [0.3, 0.4) is 0 Å². The van der Waals surface area contributed by atoms with Gasteiger partial charge in [0.2, 0.25) is 0 Å². The smallest absolute Gasteiger partial charge is 0.226 e. The minimum Gasteiger partial charge on any atom is -0.226 e. The normalized spacial score (nSPS) is 18.0. The van der Waals surface area contributed by atoms with Crippen LogP contribution in [0.2, 0.25) is 5.02 Å². The molecule has 5 heteroatoms. The van der Waals surface area contributed by atoms with Crippen molar-refractivity contribution < 1.29 is 9.39 Å². The number of amides is 1. The Morgan fingerprint density at radius 2 is 1.92 bits per heavy atom. The molecule has 3 rings (SSSR count). The fourth-order valence-corrected chi connectivity index (χ4v) is 3.52. The summed E-state index contributed by atoms with van der Waals surface area (Å²) in [6, 6.07) is 15.5. The van der Waals surface area contributed by atoms with Gasteiger partial charge in [0.25, 0.3) is 0 Å². The van der Waals surface area contributed by atoms with Crippen LogP contribution in [0.25, 0.3) is 11.1 Å². The molecule has 0 saturated carbocycles. The van der Waals surface area contributed by atoms with Crippen LogP contribution in [0, 0.1) is 6.92 Å². The van der Waals surface area contributed by atoms with Gasteiger partial charge in [0, 0.05) is 17.6 Å². The quantitative estimate of drug-likeness (QED) is 0.491. The third-order valence-corrected chi connectivity index (χ3v) is 5.56. The molecular formula is C19H20Cl2N2O+. The van der Waals surface area contributed by atoms with E-state index in [-0.39, 0.29) is 16.9 Å². The Labute approximate surface area is 152 Å². The molecule has 0 aliphatic carbocycles. The fraction of sp³-hybridized carbons (Fsp3) is 0.263. The molecule has 1 heterocycles. The predicted molar refractivity (Wildman–Crippen MR) is 98.5 cm³/mol. The molecule has 1 aliphatic rings. The Kier molecular flexibility index (Phi) is 4.71. The second kappa shape index (κ2) is 6.49. The third kappa shape index (κ3) is 2.86. The predicted octanol–water partition coefficient (Wildman–Crippen LogP) is 4.16. The molecule has 1 radical (unpaired) electrons. The average Bonchev–Trinajstić information content (AvgIpc) is 3.42. The first-order chi connectivity index (χ1) is 11.5. The van der Waals surface area contributed by atoms with Gasteiger partial charge in [-0.05, 0) is 23.6 Å². The van der Waals surface area contributed by atoms with E-state index in [1.807, 2.05) is 42.5 Å². The lowest BCUT2D eigenvalue weighted by Gasteiger charge is -2.27. The Morgan fingerprint density at radius 1 is 1.25 bits per heavy atom. The number of halogens is 2. The SMILES string of the molecule is [CH2]CC(Cl)(C(=O)[N+]1(NC)CC1)c1ccc(-c2ccccc2)c(Cl)c1. The van der Waals surface area contributed by atoms with Gasteiger partial charge in [-0.1, -0.05) is 72.6 Å². The van der Waals surface area contributed by atoms with Crippen molar-refractivity contribution in [3.8, 4) is 11.1 Å². The first-order valence-corrected chi connectivity index (χ1v) is 8.67. The van der Waals surface area contributed by atoms with Crippen molar-refractivity contribution in [1.29, 1.82) is 0 Å². The van der Waals surface area contributed by atoms with E-state index in [1.54, 1.807) is 13.1 Å². The average molecular weight is 363 g/mol. The van der Waals surface area contributed by atoms with E-state index in [0.29, 0.717) is 10.6 Å². The lowest BCUT2D eigenvalue weighted by Crippen LogP contribution is -2.51. The van der Waals surface area contributed by atoms with Gasteiger partial charge in [0.05, 0.1) is 0 Å². The molecule has 0 spiro atoms. The second-order valence-corrected chi connectivity index (χ2v) is 7.11. The minimum absolute atomic E-state index is 0.0785. The van der Waals surface area contributed by atoms with Gasteiger partial charge in [-0.25, -0.2) is 4.79 Å². The highest BCUT2D eigenvalue weighted by Gasteiger charge is 2.58. The molecule has 3 nitrogen and oxygen atoms in total. The first-order valence-electron chi connectivity index (χ1n) is 7.91. The van der Waals surface area contributed by atoms with Crippen LogP contribution in [-0.2, 0) is 9.67 Å². The van der Waals surface area contributed by atoms with Crippen LogP contribution >= 0.6 is 23.2 Å². The van der Waals surface area contributed by atoms with E-state index in [4.69, 9.17) is 23.2 Å². The largest absolute Gasteiger partial charge is 0.358 e. The number of alkyl halides is 1. The molecule has 2 aromatic rings. The number of hydrogen-bond donors (Lipinski definition) is 1. The van der Waals surface area contributed by atoms with Gasteiger partial charge in [-0.15, -0.1) is 0 Å². The van der Waals surface area contributed by atoms with Gasteiger partial charge >= 0.3 is 5.91 Å². The second-order valence-electron chi connectivity index (χ2n) is 6.06. The standard InChI is InChI=1S/C19H20Cl2N2O/c1-3-19(21,18(24)23(22-2)11-12-23)15-9-10-16(17(20)13-15)14-7-5-4-6-8-14/h4-10,13,22H,1,3,11-12H2,2H3/q+1. The maximum absolute atomic E-state index is 13.0. The zero-order valence-corrected chi connectivity index (χ0v) is 15.1. The summed E-state index contributed by atoms with van der Waals surface area (Å²) in [5.41, 5.74) is 5.69. The summed E-state index contributed by atoms with van der Waals surface area (Å²) in [7, 11) is 1.77. The van der Waals surface area contributed by atoms with E-state index in [1.165, 1.54) is 0 Å². The van der Waals surface area contributed by atoms with E-state index >= 15 is 0 Å². The molecule has 1 saturated heterocycles. The van der Waals surface area contributed by atoms with Crippen molar-refractivity contribution in [1.82, 2.24) is 5.43 Å². The number of nitrogens with zero attached hydrogens (tertiary/aromatic N) is 1. The number of carbonyl (C=O) groups excluding carboxylic acids is 1. The Hall–Kier alpha value is -1.39. The van der Waals surface area contributed by atoms with Gasteiger partial charge in [0.1, 0.15) is 0 Å². The Morgan fingerprint density at radius 3 is 2.42 bits per heavy atom. The van der Waals surface area contributed by atoms with Crippen LogP contribution in [0.4, 0.5) is 0 Å². The van der Waals surface area contributed by atoms with Crippen LogP contribution in [0.1, 0.15) is 12.0 Å². The van der Waals surface area contributed by atoms with Crippen molar-refractivity contribution in [2.75, 3.05) is 20.1 Å². The van der Waals surface area contributed by atoms with Gasteiger partial charge in [-0.2, -0.15) is 10.0 Å². The molecule has 24 heavy (non-hydrogen) atoms. The third-order valence-electron chi connectivity index (χ3n) is 4.68. The summed E-state index contributed by atoms with van der Waals surface area (Å²) >= 11 is 13.2. The molecule has 1 unspecified atom stereocenters. The van der Waals surface area contributed by atoms with Gasteiger partial charge < -0.3 is 0 Å².